The van der Waals surface area contributed by atoms with Crippen molar-refractivity contribution in [3.63, 3.8) is 0 Å². The van der Waals surface area contributed by atoms with E-state index in [0.717, 1.165) is 24.8 Å². The van der Waals surface area contributed by atoms with E-state index in [0.29, 0.717) is 0 Å². The summed E-state index contributed by atoms with van der Waals surface area (Å²) in [6.45, 7) is 9.78. The molecule has 98 valence electrons. The lowest BCUT2D eigenvalue weighted by Crippen LogP contribution is -2.45. The average Bonchev–Trinajstić information content (AvgIpc) is 2.33. The Balaban J connectivity index is 2.23. The van der Waals surface area contributed by atoms with Gasteiger partial charge >= 0.3 is 5.97 Å². The Morgan fingerprint density at radius 1 is 1.56 bits per heavy atom. The van der Waals surface area contributed by atoms with Crippen molar-refractivity contribution in [2.45, 2.75) is 32.3 Å². The second-order valence-corrected chi connectivity index (χ2v) is 5.74. The molecule has 3 nitrogen and oxygen atoms in total. The van der Waals surface area contributed by atoms with Gasteiger partial charge in [-0.3, -0.25) is 0 Å². The van der Waals surface area contributed by atoms with Crippen molar-refractivity contribution >= 4 is 5.97 Å². The van der Waals surface area contributed by atoms with Gasteiger partial charge in [0.1, 0.15) is 0 Å². The quantitative estimate of drug-likeness (QED) is 0.738. The van der Waals surface area contributed by atoms with E-state index < -0.39 is 12.1 Å². The maximum absolute atomic E-state index is 11.0. The van der Waals surface area contributed by atoms with Gasteiger partial charge in [-0.1, -0.05) is 37.8 Å². The molecule has 0 aromatic rings. The summed E-state index contributed by atoms with van der Waals surface area (Å²) in [4.78, 5) is 11.0. The van der Waals surface area contributed by atoms with Crippen LogP contribution in [0.4, 0.5) is 0 Å². The highest BCUT2D eigenvalue weighted by Gasteiger charge is 2.47. The van der Waals surface area contributed by atoms with Crippen LogP contribution in [0.2, 0.25) is 0 Å². The van der Waals surface area contributed by atoms with Gasteiger partial charge in [-0.05, 0) is 31.1 Å². The Bertz CT molecular complexity index is 435. The molecule has 3 heteroatoms. The van der Waals surface area contributed by atoms with Gasteiger partial charge in [-0.15, -0.1) is 0 Å². The molecular formula is C15H20O3. The highest BCUT2D eigenvalue weighted by atomic mass is 16.4. The van der Waals surface area contributed by atoms with Gasteiger partial charge in [0.15, 0.2) is 0 Å². The molecule has 1 saturated carbocycles. The first kappa shape index (κ1) is 13.1. The van der Waals surface area contributed by atoms with E-state index in [1.54, 1.807) is 6.08 Å². The molecule has 0 aromatic carbocycles. The van der Waals surface area contributed by atoms with Crippen LogP contribution in [-0.4, -0.2) is 22.3 Å². The van der Waals surface area contributed by atoms with Crippen LogP contribution in [0.3, 0.4) is 0 Å². The zero-order valence-corrected chi connectivity index (χ0v) is 10.7. The number of hydrogen-bond donors (Lipinski definition) is 2. The third-order valence-corrected chi connectivity index (χ3v) is 4.73. The van der Waals surface area contributed by atoms with Crippen molar-refractivity contribution in [3.8, 4) is 0 Å². The molecule has 0 aliphatic heterocycles. The number of carboxylic acid groups (broad SMARTS) is 1. The van der Waals surface area contributed by atoms with Crippen LogP contribution < -0.4 is 0 Å². The van der Waals surface area contributed by atoms with Crippen LogP contribution in [0.1, 0.15) is 26.2 Å². The van der Waals surface area contributed by atoms with Gasteiger partial charge in [0.05, 0.1) is 6.10 Å². The summed E-state index contributed by atoms with van der Waals surface area (Å²) in [5.41, 5.74) is 1.07. The summed E-state index contributed by atoms with van der Waals surface area (Å²) in [7, 11) is 0. The fourth-order valence-corrected chi connectivity index (χ4v) is 3.30. The van der Waals surface area contributed by atoms with Crippen molar-refractivity contribution in [1.82, 2.24) is 0 Å². The Hall–Kier alpha value is -1.35. The first-order chi connectivity index (χ1) is 8.36. The van der Waals surface area contributed by atoms with Gasteiger partial charge in [0.25, 0.3) is 0 Å². The van der Waals surface area contributed by atoms with E-state index in [1.165, 1.54) is 0 Å². The number of fused-ring (bicyclic) bond motifs is 1. The lowest BCUT2D eigenvalue weighted by Gasteiger charge is -2.49. The summed E-state index contributed by atoms with van der Waals surface area (Å²) >= 11 is 0. The fraction of sp³-hybridized carbons (Fsp3) is 0.533. The number of aliphatic hydroxyl groups excluding tert-OH is 1. The molecule has 0 amide bonds. The minimum atomic E-state index is -0.916. The number of aliphatic carboxylic acids is 1. The number of rotatable bonds is 2. The Labute approximate surface area is 108 Å². The van der Waals surface area contributed by atoms with Gasteiger partial charge in [-0.2, -0.15) is 0 Å². The number of allylic oxidation sites excluding steroid dienone is 2. The second-order valence-electron chi connectivity index (χ2n) is 5.74. The van der Waals surface area contributed by atoms with Crippen LogP contribution in [-0.2, 0) is 4.79 Å². The van der Waals surface area contributed by atoms with E-state index in [2.05, 4.69) is 20.1 Å². The van der Waals surface area contributed by atoms with Crippen molar-refractivity contribution in [3.05, 3.63) is 36.5 Å². The predicted octanol–water partition coefficient (Wildman–Crippen LogP) is 2.54. The van der Waals surface area contributed by atoms with Crippen LogP contribution in [0, 0.1) is 17.3 Å². The highest BCUT2D eigenvalue weighted by Crippen LogP contribution is 2.52. The topological polar surface area (TPSA) is 57.5 Å². The van der Waals surface area contributed by atoms with E-state index in [4.69, 9.17) is 5.11 Å². The summed E-state index contributed by atoms with van der Waals surface area (Å²) < 4.78 is 0. The molecule has 0 spiro atoms. The molecule has 0 radical (unpaired) electrons. The molecule has 2 aliphatic rings. The zero-order valence-electron chi connectivity index (χ0n) is 10.7. The van der Waals surface area contributed by atoms with E-state index in [1.807, 2.05) is 6.08 Å². The average molecular weight is 248 g/mol. The molecule has 0 aromatic heterocycles. The van der Waals surface area contributed by atoms with Crippen LogP contribution >= 0.6 is 0 Å². The summed E-state index contributed by atoms with van der Waals surface area (Å²) in [5, 5.41) is 19.2. The van der Waals surface area contributed by atoms with E-state index in [9.17, 15) is 9.90 Å². The molecule has 0 bridgehead atoms. The van der Waals surface area contributed by atoms with Gasteiger partial charge < -0.3 is 10.2 Å². The number of hydrogen-bond acceptors (Lipinski definition) is 2. The molecule has 1 fully saturated rings. The smallest absolute Gasteiger partial charge is 0.331 e. The van der Waals surface area contributed by atoms with Crippen molar-refractivity contribution in [2.75, 3.05) is 0 Å². The van der Waals surface area contributed by atoms with Gasteiger partial charge in [0, 0.05) is 11.0 Å². The summed E-state index contributed by atoms with van der Waals surface area (Å²) in [5.74, 6) is -0.774. The fourth-order valence-electron chi connectivity index (χ4n) is 3.30. The van der Waals surface area contributed by atoms with E-state index in [-0.39, 0.29) is 22.8 Å². The molecular weight excluding hydrogens is 228 g/mol. The standard InChI is InChI=1S/C15H20O3/c1-9-4-5-13(16)15(3)7-6-11(8-12(9)15)10(2)14(17)18/h4-5,11-13,16H,1-2,6-8H2,3H3,(H,17,18)/t11-,12?,13?,15?/m1/s1. The molecule has 2 aliphatic carbocycles. The normalized spacial score (nSPS) is 39.2. The molecule has 3 unspecified atom stereocenters. The Kier molecular flexibility index (Phi) is 3.20. The van der Waals surface area contributed by atoms with Crippen LogP contribution in [0.15, 0.2) is 36.5 Å². The third-order valence-electron chi connectivity index (χ3n) is 4.73. The molecule has 0 saturated heterocycles. The Morgan fingerprint density at radius 3 is 2.83 bits per heavy atom. The number of carbonyl (C=O) groups is 1. The van der Waals surface area contributed by atoms with Crippen LogP contribution in [0.25, 0.3) is 0 Å². The Morgan fingerprint density at radius 2 is 2.22 bits per heavy atom. The first-order valence-electron chi connectivity index (χ1n) is 6.33. The second kappa shape index (κ2) is 4.39. The number of aliphatic hydroxyl groups is 1. The monoisotopic (exact) mass is 248 g/mol. The largest absolute Gasteiger partial charge is 0.478 e. The zero-order chi connectivity index (χ0) is 13.5. The summed E-state index contributed by atoms with van der Waals surface area (Å²) in [6, 6.07) is 0. The maximum Gasteiger partial charge on any atom is 0.331 e. The van der Waals surface area contributed by atoms with Crippen molar-refractivity contribution < 1.29 is 15.0 Å². The van der Waals surface area contributed by atoms with Gasteiger partial charge in [0.2, 0.25) is 0 Å². The maximum atomic E-state index is 11.0. The van der Waals surface area contributed by atoms with Crippen molar-refractivity contribution in [1.29, 1.82) is 0 Å². The molecule has 4 atom stereocenters. The third kappa shape index (κ3) is 1.93. The van der Waals surface area contributed by atoms with Crippen LogP contribution in [0.5, 0.6) is 0 Å². The predicted molar refractivity (Wildman–Crippen MR) is 70.0 cm³/mol. The first-order valence-corrected chi connectivity index (χ1v) is 6.33. The van der Waals surface area contributed by atoms with E-state index >= 15 is 0 Å². The van der Waals surface area contributed by atoms with Crippen molar-refractivity contribution in [2.24, 2.45) is 17.3 Å². The SMILES string of the molecule is C=C1C=CC(O)C2(C)CC[C@@H](C(=C)C(=O)O)CC12. The minimum absolute atomic E-state index is 0.00368. The lowest BCUT2D eigenvalue weighted by atomic mass is 9.57. The lowest BCUT2D eigenvalue weighted by molar-refractivity contribution is -0.133. The minimum Gasteiger partial charge on any atom is -0.478 e. The number of carboxylic acids is 1. The molecule has 0 heterocycles. The molecule has 18 heavy (non-hydrogen) atoms. The van der Waals surface area contributed by atoms with Gasteiger partial charge in [-0.25, -0.2) is 4.79 Å². The molecule has 2 rings (SSSR count). The highest BCUT2D eigenvalue weighted by molar-refractivity contribution is 5.86. The molecule has 2 N–H and O–H groups in total. The summed E-state index contributed by atoms with van der Waals surface area (Å²) in [6.07, 6.45) is 5.50.